The highest BCUT2D eigenvalue weighted by atomic mass is 32.1. The first kappa shape index (κ1) is 13.7. The zero-order valence-corrected chi connectivity index (χ0v) is 12.6. The number of ether oxygens (including phenoxy) is 1. The first-order chi connectivity index (χ1) is 9.76. The van der Waals surface area contributed by atoms with Crippen LogP contribution in [0.25, 0.3) is 0 Å². The third-order valence-corrected chi connectivity index (χ3v) is 4.69. The molecule has 1 aliphatic rings. The molecule has 0 unspecified atom stereocenters. The molecule has 3 rings (SSSR count). The lowest BCUT2D eigenvalue weighted by Crippen LogP contribution is -2.27. The van der Waals surface area contributed by atoms with Gasteiger partial charge in [-0.3, -0.25) is 4.90 Å². The number of thiophene rings is 1. The Kier molecular flexibility index (Phi) is 4.14. The second-order valence-electron chi connectivity index (χ2n) is 5.11. The SMILES string of the molecule is CO[C@@H]1C[C@H](c2nc(C)no2)N(CCc2cccs2)C1. The Hall–Kier alpha value is -1.24. The summed E-state index contributed by atoms with van der Waals surface area (Å²) in [5.74, 6) is 1.41. The predicted molar refractivity (Wildman–Crippen MR) is 76.8 cm³/mol. The average molecular weight is 293 g/mol. The lowest BCUT2D eigenvalue weighted by molar-refractivity contribution is 0.108. The molecule has 2 atom stereocenters. The quantitative estimate of drug-likeness (QED) is 0.847. The van der Waals surface area contributed by atoms with Gasteiger partial charge in [-0.2, -0.15) is 4.98 Å². The molecule has 2 aromatic rings. The third-order valence-electron chi connectivity index (χ3n) is 3.75. The summed E-state index contributed by atoms with van der Waals surface area (Å²) in [4.78, 5) is 8.18. The highest BCUT2D eigenvalue weighted by Gasteiger charge is 2.36. The molecule has 0 amide bonds. The lowest BCUT2D eigenvalue weighted by atomic mass is 10.2. The molecule has 1 aliphatic heterocycles. The number of hydrogen-bond acceptors (Lipinski definition) is 6. The molecule has 1 saturated heterocycles. The van der Waals surface area contributed by atoms with Gasteiger partial charge < -0.3 is 9.26 Å². The van der Waals surface area contributed by atoms with Crippen molar-refractivity contribution in [2.24, 2.45) is 0 Å². The maximum absolute atomic E-state index is 5.51. The summed E-state index contributed by atoms with van der Waals surface area (Å²) in [5.41, 5.74) is 0. The lowest BCUT2D eigenvalue weighted by Gasteiger charge is -2.20. The number of aryl methyl sites for hydroxylation is 1. The van der Waals surface area contributed by atoms with Gasteiger partial charge in [0.15, 0.2) is 5.82 Å². The molecule has 0 radical (unpaired) electrons. The first-order valence-corrected chi connectivity index (χ1v) is 7.73. The van der Waals surface area contributed by atoms with Crippen LogP contribution in [0.2, 0.25) is 0 Å². The van der Waals surface area contributed by atoms with Crippen molar-refractivity contribution >= 4 is 11.3 Å². The molecular weight excluding hydrogens is 274 g/mol. The number of hydrogen-bond donors (Lipinski definition) is 0. The van der Waals surface area contributed by atoms with Crippen molar-refractivity contribution in [3.63, 3.8) is 0 Å². The zero-order valence-electron chi connectivity index (χ0n) is 11.8. The predicted octanol–water partition coefficient (Wildman–Crippen LogP) is 2.44. The van der Waals surface area contributed by atoms with Crippen molar-refractivity contribution in [2.45, 2.75) is 31.9 Å². The van der Waals surface area contributed by atoms with E-state index in [1.165, 1.54) is 4.88 Å². The average Bonchev–Trinajstić information content (AvgIpc) is 3.16. The minimum atomic E-state index is 0.182. The summed E-state index contributed by atoms with van der Waals surface area (Å²) >= 11 is 1.80. The summed E-state index contributed by atoms with van der Waals surface area (Å²) in [7, 11) is 1.77. The Morgan fingerprint density at radius 3 is 3.10 bits per heavy atom. The molecular formula is C14H19N3O2S. The van der Waals surface area contributed by atoms with Gasteiger partial charge in [0.1, 0.15) is 0 Å². The number of nitrogens with zero attached hydrogens (tertiary/aromatic N) is 3. The molecule has 20 heavy (non-hydrogen) atoms. The van der Waals surface area contributed by atoms with Gasteiger partial charge in [0.05, 0.1) is 12.1 Å². The molecule has 0 spiro atoms. The molecule has 0 aromatic carbocycles. The van der Waals surface area contributed by atoms with Crippen LogP contribution in [-0.2, 0) is 11.2 Å². The number of rotatable bonds is 5. The fourth-order valence-electron chi connectivity index (χ4n) is 2.69. The molecule has 6 heteroatoms. The summed E-state index contributed by atoms with van der Waals surface area (Å²) in [6, 6.07) is 4.46. The molecule has 0 bridgehead atoms. The van der Waals surface area contributed by atoms with Crippen molar-refractivity contribution < 1.29 is 9.26 Å². The van der Waals surface area contributed by atoms with Gasteiger partial charge in [0, 0.05) is 25.1 Å². The zero-order chi connectivity index (χ0) is 13.9. The van der Waals surface area contributed by atoms with Gasteiger partial charge in [-0.1, -0.05) is 11.2 Å². The Morgan fingerprint density at radius 2 is 2.45 bits per heavy atom. The van der Waals surface area contributed by atoms with Crippen molar-refractivity contribution in [2.75, 3.05) is 20.2 Å². The second kappa shape index (κ2) is 6.03. The summed E-state index contributed by atoms with van der Waals surface area (Å²) in [5, 5.41) is 6.03. The van der Waals surface area contributed by atoms with Gasteiger partial charge in [0.25, 0.3) is 0 Å². The van der Waals surface area contributed by atoms with Gasteiger partial charge in [-0.15, -0.1) is 11.3 Å². The standard InChI is InChI=1S/C14H19N3O2S/c1-10-15-14(19-16-10)13-8-11(18-2)9-17(13)6-5-12-4-3-7-20-12/h3-4,7,11,13H,5-6,8-9H2,1-2H3/t11-,13-/m1/s1. The largest absolute Gasteiger partial charge is 0.380 e. The van der Waals surface area contributed by atoms with Gasteiger partial charge in [-0.05, 0) is 31.2 Å². The molecule has 3 heterocycles. The van der Waals surface area contributed by atoms with E-state index in [0.29, 0.717) is 11.7 Å². The minimum absolute atomic E-state index is 0.182. The topological polar surface area (TPSA) is 51.4 Å². The Bertz CT molecular complexity index is 540. The fourth-order valence-corrected chi connectivity index (χ4v) is 3.39. The van der Waals surface area contributed by atoms with E-state index >= 15 is 0 Å². The van der Waals surface area contributed by atoms with Crippen LogP contribution in [0.3, 0.4) is 0 Å². The summed E-state index contributed by atoms with van der Waals surface area (Å²) < 4.78 is 10.9. The van der Waals surface area contributed by atoms with Crippen molar-refractivity contribution in [1.29, 1.82) is 0 Å². The maximum Gasteiger partial charge on any atom is 0.244 e. The Morgan fingerprint density at radius 1 is 1.55 bits per heavy atom. The highest BCUT2D eigenvalue weighted by Crippen LogP contribution is 2.32. The van der Waals surface area contributed by atoms with E-state index in [1.54, 1.807) is 18.4 Å². The number of methoxy groups -OCH3 is 1. The first-order valence-electron chi connectivity index (χ1n) is 6.85. The van der Waals surface area contributed by atoms with Crippen LogP contribution in [0.1, 0.15) is 29.1 Å². The molecule has 0 saturated carbocycles. The molecule has 108 valence electrons. The van der Waals surface area contributed by atoms with Crippen LogP contribution in [0, 0.1) is 6.92 Å². The van der Waals surface area contributed by atoms with E-state index in [2.05, 4.69) is 32.6 Å². The van der Waals surface area contributed by atoms with Crippen molar-refractivity contribution in [3.8, 4) is 0 Å². The van der Waals surface area contributed by atoms with Crippen molar-refractivity contribution in [3.05, 3.63) is 34.1 Å². The minimum Gasteiger partial charge on any atom is -0.380 e. The van der Waals surface area contributed by atoms with Gasteiger partial charge >= 0.3 is 0 Å². The van der Waals surface area contributed by atoms with Crippen LogP contribution in [-0.4, -0.2) is 41.3 Å². The summed E-state index contributed by atoms with van der Waals surface area (Å²) in [6.07, 6.45) is 2.22. The van der Waals surface area contributed by atoms with E-state index in [-0.39, 0.29) is 12.1 Å². The van der Waals surface area contributed by atoms with E-state index in [0.717, 1.165) is 25.9 Å². The van der Waals surface area contributed by atoms with Crippen LogP contribution < -0.4 is 0 Å². The van der Waals surface area contributed by atoms with E-state index in [9.17, 15) is 0 Å². The third kappa shape index (κ3) is 2.92. The van der Waals surface area contributed by atoms with Crippen LogP contribution in [0.5, 0.6) is 0 Å². The fraction of sp³-hybridized carbons (Fsp3) is 0.571. The molecule has 5 nitrogen and oxygen atoms in total. The van der Waals surface area contributed by atoms with E-state index < -0.39 is 0 Å². The maximum atomic E-state index is 5.51. The molecule has 0 aliphatic carbocycles. The Labute approximate surface area is 122 Å². The highest BCUT2D eigenvalue weighted by molar-refractivity contribution is 7.09. The smallest absolute Gasteiger partial charge is 0.244 e. The summed E-state index contributed by atoms with van der Waals surface area (Å²) in [6.45, 7) is 3.77. The monoisotopic (exact) mass is 293 g/mol. The van der Waals surface area contributed by atoms with Gasteiger partial charge in [-0.25, -0.2) is 0 Å². The van der Waals surface area contributed by atoms with Crippen LogP contribution in [0.15, 0.2) is 22.0 Å². The van der Waals surface area contributed by atoms with E-state index in [4.69, 9.17) is 9.26 Å². The van der Waals surface area contributed by atoms with Crippen molar-refractivity contribution in [1.82, 2.24) is 15.0 Å². The van der Waals surface area contributed by atoms with E-state index in [1.807, 2.05) is 6.92 Å². The molecule has 2 aromatic heterocycles. The molecule has 0 N–H and O–H groups in total. The second-order valence-corrected chi connectivity index (χ2v) is 6.15. The van der Waals surface area contributed by atoms with Crippen LogP contribution in [0.4, 0.5) is 0 Å². The Balaban J connectivity index is 1.69. The van der Waals surface area contributed by atoms with Crippen LogP contribution >= 0.6 is 11.3 Å². The number of likely N-dealkylation sites (tertiary alicyclic amines) is 1. The molecule has 1 fully saturated rings. The normalized spacial score (nSPS) is 23.5. The van der Waals surface area contributed by atoms with Gasteiger partial charge in [0.2, 0.25) is 5.89 Å². The number of aromatic nitrogens is 2.